The van der Waals surface area contributed by atoms with Gasteiger partial charge in [-0.05, 0) is 74.8 Å². The molecule has 1 fully saturated rings. The smallest absolute Gasteiger partial charge is 0.267 e. The largest absolute Gasteiger partial charge is 0.497 e. The number of hydrogen-bond donors (Lipinski definition) is 0. The number of thioether (sulfide) groups is 1. The molecule has 30 heavy (non-hydrogen) atoms. The molecule has 1 aliphatic heterocycles. The number of rotatable bonds is 5. The van der Waals surface area contributed by atoms with Gasteiger partial charge in [0.2, 0.25) is 0 Å². The van der Waals surface area contributed by atoms with Crippen molar-refractivity contribution in [3.63, 3.8) is 0 Å². The van der Waals surface area contributed by atoms with Crippen LogP contribution in [0, 0.1) is 0 Å². The van der Waals surface area contributed by atoms with Gasteiger partial charge in [-0.25, -0.2) is 4.98 Å². The van der Waals surface area contributed by atoms with Crippen LogP contribution in [0.4, 0.5) is 0 Å². The summed E-state index contributed by atoms with van der Waals surface area (Å²) in [5, 5.41) is 1.58. The van der Waals surface area contributed by atoms with Crippen LogP contribution in [0.3, 0.4) is 0 Å². The maximum absolute atomic E-state index is 13.7. The second-order valence-corrected chi connectivity index (χ2v) is 9.99. The van der Waals surface area contributed by atoms with Gasteiger partial charge in [-0.3, -0.25) is 9.36 Å². The molecule has 0 N–H and O–H groups in total. The van der Waals surface area contributed by atoms with Crippen molar-refractivity contribution >= 4 is 33.3 Å². The summed E-state index contributed by atoms with van der Waals surface area (Å²) in [6, 6.07) is 7.67. The summed E-state index contributed by atoms with van der Waals surface area (Å²) in [6.45, 7) is 0.834. The number of aryl methyl sites for hydroxylation is 2. The van der Waals surface area contributed by atoms with Crippen LogP contribution in [0.2, 0.25) is 0 Å². The first kappa shape index (κ1) is 20.1. The molecule has 1 aliphatic carbocycles. The molecule has 0 radical (unpaired) electrons. The molecule has 158 valence electrons. The topological polar surface area (TPSA) is 53.4 Å². The van der Waals surface area contributed by atoms with Gasteiger partial charge in [0.1, 0.15) is 10.6 Å². The van der Waals surface area contributed by atoms with Crippen molar-refractivity contribution in [1.82, 2.24) is 9.55 Å². The zero-order valence-electron chi connectivity index (χ0n) is 17.2. The number of fused-ring (bicyclic) bond motifs is 3. The van der Waals surface area contributed by atoms with Crippen LogP contribution in [-0.4, -0.2) is 35.1 Å². The number of benzene rings is 1. The molecule has 5 nitrogen and oxygen atoms in total. The fourth-order valence-corrected chi connectivity index (χ4v) is 6.73. The van der Waals surface area contributed by atoms with Gasteiger partial charge in [-0.1, -0.05) is 11.8 Å². The van der Waals surface area contributed by atoms with Crippen LogP contribution in [0.15, 0.2) is 34.2 Å². The van der Waals surface area contributed by atoms with E-state index in [-0.39, 0.29) is 11.7 Å². The number of ether oxygens (including phenoxy) is 2. The highest BCUT2D eigenvalue weighted by molar-refractivity contribution is 7.99. The van der Waals surface area contributed by atoms with Gasteiger partial charge >= 0.3 is 0 Å². The van der Waals surface area contributed by atoms with Gasteiger partial charge in [0.15, 0.2) is 5.16 Å². The molecular weight excluding hydrogens is 416 g/mol. The highest BCUT2D eigenvalue weighted by atomic mass is 32.2. The Bertz CT molecular complexity index is 1100. The van der Waals surface area contributed by atoms with Gasteiger partial charge < -0.3 is 9.47 Å². The fourth-order valence-electron chi connectivity index (χ4n) is 4.35. The van der Waals surface area contributed by atoms with Crippen LogP contribution in [0.1, 0.15) is 42.5 Å². The van der Waals surface area contributed by atoms with Crippen molar-refractivity contribution in [2.75, 3.05) is 19.5 Å². The molecule has 0 bridgehead atoms. The summed E-state index contributed by atoms with van der Waals surface area (Å²) in [5.74, 6) is 1.60. The van der Waals surface area contributed by atoms with Gasteiger partial charge in [0, 0.05) is 17.2 Å². The van der Waals surface area contributed by atoms with Crippen LogP contribution >= 0.6 is 23.1 Å². The van der Waals surface area contributed by atoms with E-state index in [4.69, 9.17) is 14.5 Å². The highest BCUT2D eigenvalue weighted by Gasteiger charge is 2.24. The molecular formula is C23H26N2O3S2. The molecule has 1 atom stereocenters. The summed E-state index contributed by atoms with van der Waals surface area (Å²) >= 11 is 3.35. The molecule has 1 aromatic carbocycles. The zero-order chi connectivity index (χ0) is 20.5. The molecule has 2 aliphatic rings. The number of aromatic nitrogens is 2. The Kier molecular flexibility index (Phi) is 5.85. The predicted octanol–water partition coefficient (Wildman–Crippen LogP) is 5.00. The fraction of sp³-hybridized carbons (Fsp3) is 0.478. The third-order valence-corrected chi connectivity index (χ3v) is 8.22. The van der Waals surface area contributed by atoms with Crippen LogP contribution in [0.25, 0.3) is 15.9 Å². The Labute approximate surface area is 184 Å². The summed E-state index contributed by atoms with van der Waals surface area (Å²) in [4.78, 5) is 21.0. The Morgan fingerprint density at radius 3 is 2.80 bits per heavy atom. The van der Waals surface area contributed by atoms with Crippen LogP contribution in [0.5, 0.6) is 5.75 Å². The lowest BCUT2D eigenvalue weighted by molar-refractivity contribution is 0.0315. The quantitative estimate of drug-likeness (QED) is 0.411. The number of thiophene rings is 1. The Morgan fingerprint density at radius 2 is 2.03 bits per heavy atom. The second kappa shape index (κ2) is 8.73. The second-order valence-electron chi connectivity index (χ2n) is 7.92. The van der Waals surface area contributed by atoms with Crippen molar-refractivity contribution in [1.29, 1.82) is 0 Å². The van der Waals surface area contributed by atoms with E-state index in [0.29, 0.717) is 0 Å². The molecule has 0 saturated carbocycles. The van der Waals surface area contributed by atoms with Crippen molar-refractivity contribution < 1.29 is 9.47 Å². The molecule has 2 aromatic heterocycles. The third-order valence-electron chi connectivity index (χ3n) is 5.96. The normalized spacial score (nSPS) is 19.0. The minimum atomic E-state index is 0.0524. The first-order valence-electron chi connectivity index (χ1n) is 10.7. The van der Waals surface area contributed by atoms with Crippen molar-refractivity contribution in [2.45, 2.75) is 56.2 Å². The Morgan fingerprint density at radius 1 is 1.20 bits per heavy atom. The minimum absolute atomic E-state index is 0.0524. The minimum Gasteiger partial charge on any atom is -0.497 e. The molecule has 0 amide bonds. The highest BCUT2D eigenvalue weighted by Crippen LogP contribution is 2.35. The van der Waals surface area contributed by atoms with Gasteiger partial charge in [0.05, 0.1) is 24.3 Å². The first-order valence-corrected chi connectivity index (χ1v) is 12.5. The van der Waals surface area contributed by atoms with Crippen molar-refractivity contribution in [2.24, 2.45) is 0 Å². The van der Waals surface area contributed by atoms with E-state index >= 15 is 0 Å². The van der Waals surface area contributed by atoms with Gasteiger partial charge in [-0.15, -0.1) is 11.3 Å². The van der Waals surface area contributed by atoms with E-state index in [0.717, 1.165) is 71.3 Å². The average Bonchev–Trinajstić information content (AvgIpc) is 3.17. The summed E-state index contributed by atoms with van der Waals surface area (Å²) in [6.07, 6.45) is 8.06. The lowest BCUT2D eigenvalue weighted by Crippen LogP contribution is -2.24. The maximum atomic E-state index is 13.7. The molecule has 5 rings (SSSR count). The summed E-state index contributed by atoms with van der Waals surface area (Å²) in [7, 11) is 1.65. The van der Waals surface area contributed by atoms with E-state index in [1.807, 2.05) is 24.3 Å². The summed E-state index contributed by atoms with van der Waals surface area (Å²) < 4.78 is 13.0. The van der Waals surface area contributed by atoms with Gasteiger partial charge in [-0.2, -0.15) is 0 Å². The third kappa shape index (κ3) is 3.79. The molecule has 3 heterocycles. The van der Waals surface area contributed by atoms with Crippen molar-refractivity contribution in [3.8, 4) is 11.4 Å². The molecule has 7 heteroatoms. The Hall–Kier alpha value is -1.83. The van der Waals surface area contributed by atoms with E-state index in [9.17, 15) is 4.79 Å². The van der Waals surface area contributed by atoms with Crippen LogP contribution < -0.4 is 10.3 Å². The average molecular weight is 443 g/mol. The number of methoxy groups -OCH3 is 1. The van der Waals surface area contributed by atoms with Crippen LogP contribution in [-0.2, 0) is 17.6 Å². The number of nitrogens with zero attached hydrogens (tertiary/aromatic N) is 2. The predicted molar refractivity (Wildman–Crippen MR) is 123 cm³/mol. The molecule has 0 unspecified atom stereocenters. The molecule has 3 aromatic rings. The molecule has 1 saturated heterocycles. The monoisotopic (exact) mass is 442 g/mol. The standard InChI is InChI=1S/C23H26N2O3S2/c1-27-16-11-9-15(10-12-16)25-22(26)20-18-7-2-3-8-19(18)30-21(20)24-23(25)29-14-17-6-4-5-13-28-17/h9-12,17H,2-8,13-14H2,1H3/t17-/m1/s1. The van der Waals surface area contributed by atoms with Crippen molar-refractivity contribution in [3.05, 3.63) is 45.1 Å². The van der Waals surface area contributed by atoms with E-state index in [2.05, 4.69) is 0 Å². The summed E-state index contributed by atoms with van der Waals surface area (Å²) in [5.41, 5.74) is 2.11. The Balaban J connectivity index is 1.60. The van der Waals surface area contributed by atoms with Gasteiger partial charge in [0.25, 0.3) is 5.56 Å². The lowest BCUT2D eigenvalue weighted by atomic mass is 9.97. The number of hydrogen-bond acceptors (Lipinski definition) is 6. The zero-order valence-corrected chi connectivity index (χ0v) is 18.8. The SMILES string of the molecule is COc1ccc(-n2c(SC[C@H]3CCCCO3)nc3sc4c(c3c2=O)CCCC4)cc1. The molecule has 0 spiro atoms. The van der Waals surface area contributed by atoms with E-state index in [1.165, 1.54) is 23.3 Å². The lowest BCUT2D eigenvalue weighted by Gasteiger charge is -2.22. The van der Waals surface area contributed by atoms with E-state index < -0.39 is 0 Å². The first-order chi connectivity index (χ1) is 14.7. The maximum Gasteiger partial charge on any atom is 0.267 e. The van der Waals surface area contributed by atoms with E-state index in [1.54, 1.807) is 34.8 Å².